The highest BCUT2D eigenvalue weighted by Crippen LogP contribution is 2.46. The van der Waals surface area contributed by atoms with E-state index in [0.29, 0.717) is 42.5 Å². The van der Waals surface area contributed by atoms with Crippen molar-refractivity contribution in [1.29, 1.82) is 0 Å². The second-order valence-corrected chi connectivity index (χ2v) is 6.76. The Balaban J connectivity index is 1.45. The molecule has 0 spiro atoms. The van der Waals surface area contributed by atoms with E-state index in [2.05, 4.69) is 10.6 Å². The highest BCUT2D eigenvalue weighted by molar-refractivity contribution is 6.30. The Morgan fingerprint density at radius 3 is 2.22 bits per heavy atom. The molecule has 0 bridgehead atoms. The van der Waals surface area contributed by atoms with E-state index < -0.39 is 5.41 Å². The molecular formula is C20H21ClN2O4. The van der Waals surface area contributed by atoms with Crippen LogP contribution >= 0.6 is 11.6 Å². The summed E-state index contributed by atoms with van der Waals surface area (Å²) in [7, 11) is 1.60. The van der Waals surface area contributed by atoms with Crippen LogP contribution in [0.5, 0.6) is 11.5 Å². The van der Waals surface area contributed by atoms with Crippen LogP contribution in [0.1, 0.15) is 12.8 Å². The first-order valence-corrected chi connectivity index (χ1v) is 9.03. The van der Waals surface area contributed by atoms with Crippen LogP contribution in [0.4, 0.5) is 5.69 Å². The number of methoxy groups -OCH3 is 1. The van der Waals surface area contributed by atoms with Crippen molar-refractivity contribution in [3.05, 3.63) is 53.6 Å². The summed E-state index contributed by atoms with van der Waals surface area (Å²) in [4.78, 5) is 24.9. The zero-order chi connectivity index (χ0) is 19.3. The Kier molecular flexibility index (Phi) is 5.86. The summed E-state index contributed by atoms with van der Waals surface area (Å²) in [6.07, 6.45) is 1.08. The molecule has 1 fully saturated rings. The molecule has 2 N–H and O–H groups in total. The second kappa shape index (κ2) is 8.31. The van der Waals surface area contributed by atoms with Crippen LogP contribution in [-0.4, -0.2) is 32.1 Å². The molecule has 27 heavy (non-hydrogen) atoms. The number of ether oxygens (including phenoxy) is 2. The molecule has 0 unspecified atom stereocenters. The summed E-state index contributed by atoms with van der Waals surface area (Å²) in [5.74, 6) is 0.871. The fraction of sp³-hybridized carbons (Fsp3) is 0.300. The van der Waals surface area contributed by atoms with Gasteiger partial charge in [-0.1, -0.05) is 11.6 Å². The summed E-state index contributed by atoms with van der Waals surface area (Å²) < 4.78 is 10.7. The molecule has 2 aromatic carbocycles. The number of hydrogen-bond acceptors (Lipinski definition) is 4. The first-order chi connectivity index (χ1) is 13.0. The fourth-order valence-electron chi connectivity index (χ4n) is 2.64. The molecule has 0 saturated heterocycles. The largest absolute Gasteiger partial charge is 0.497 e. The first-order valence-electron chi connectivity index (χ1n) is 8.66. The minimum absolute atomic E-state index is 0.271. The monoisotopic (exact) mass is 388 g/mol. The van der Waals surface area contributed by atoms with Crippen molar-refractivity contribution in [2.45, 2.75) is 12.8 Å². The quantitative estimate of drug-likeness (QED) is 0.537. The Morgan fingerprint density at radius 2 is 1.63 bits per heavy atom. The van der Waals surface area contributed by atoms with E-state index in [4.69, 9.17) is 21.1 Å². The van der Waals surface area contributed by atoms with Gasteiger partial charge in [-0.2, -0.15) is 0 Å². The minimum atomic E-state index is -0.986. The van der Waals surface area contributed by atoms with Crippen LogP contribution in [0.25, 0.3) is 0 Å². The summed E-state index contributed by atoms with van der Waals surface area (Å²) in [5.41, 5.74) is -0.369. The topological polar surface area (TPSA) is 76.7 Å². The normalized spacial score (nSPS) is 14.1. The third kappa shape index (κ3) is 4.71. The highest BCUT2D eigenvalue weighted by Gasteiger charge is 2.56. The predicted octanol–water partition coefficient (Wildman–Crippen LogP) is 3.26. The number of rotatable bonds is 8. The second-order valence-electron chi connectivity index (χ2n) is 6.32. The number of nitrogens with one attached hydrogen (secondary N) is 2. The number of carbonyl (C=O) groups is 2. The van der Waals surface area contributed by atoms with Crippen molar-refractivity contribution in [1.82, 2.24) is 5.32 Å². The molecule has 0 aliphatic heterocycles. The Bertz CT molecular complexity index is 802. The van der Waals surface area contributed by atoms with Crippen LogP contribution in [-0.2, 0) is 9.59 Å². The van der Waals surface area contributed by atoms with Gasteiger partial charge in [0.1, 0.15) is 23.5 Å². The molecule has 1 aliphatic rings. The van der Waals surface area contributed by atoms with Gasteiger partial charge in [0.15, 0.2) is 0 Å². The lowest BCUT2D eigenvalue weighted by Crippen LogP contribution is -2.41. The summed E-state index contributed by atoms with van der Waals surface area (Å²) in [5, 5.41) is 6.15. The van der Waals surface area contributed by atoms with E-state index in [-0.39, 0.29) is 11.8 Å². The maximum absolute atomic E-state index is 12.5. The maximum Gasteiger partial charge on any atom is 0.240 e. The molecule has 0 radical (unpaired) electrons. The van der Waals surface area contributed by atoms with Gasteiger partial charge in [0, 0.05) is 10.7 Å². The minimum Gasteiger partial charge on any atom is -0.497 e. The maximum atomic E-state index is 12.5. The zero-order valence-corrected chi connectivity index (χ0v) is 15.7. The van der Waals surface area contributed by atoms with E-state index in [1.54, 1.807) is 55.6 Å². The molecule has 0 atom stereocenters. The Morgan fingerprint density at radius 1 is 1.00 bits per heavy atom. The Labute approximate surface area is 162 Å². The van der Waals surface area contributed by atoms with Crippen molar-refractivity contribution < 1.29 is 19.1 Å². The van der Waals surface area contributed by atoms with Gasteiger partial charge in [-0.05, 0) is 61.4 Å². The van der Waals surface area contributed by atoms with Gasteiger partial charge in [-0.3, -0.25) is 9.59 Å². The number of benzene rings is 2. The van der Waals surface area contributed by atoms with Crippen molar-refractivity contribution in [3.8, 4) is 11.5 Å². The molecule has 1 aliphatic carbocycles. The number of carbonyl (C=O) groups excluding carboxylic acids is 2. The van der Waals surface area contributed by atoms with Gasteiger partial charge >= 0.3 is 0 Å². The lowest BCUT2D eigenvalue weighted by atomic mass is 10.1. The van der Waals surface area contributed by atoms with Crippen LogP contribution in [0.3, 0.4) is 0 Å². The van der Waals surface area contributed by atoms with Gasteiger partial charge < -0.3 is 20.1 Å². The molecule has 1 saturated carbocycles. The van der Waals surface area contributed by atoms with Crippen LogP contribution < -0.4 is 20.1 Å². The standard InChI is InChI=1S/C20H21ClN2O4/c1-26-16-6-8-17(9-7-16)27-13-12-22-18(24)20(10-11-20)19(25)23-15-4-2-14(21)3-5-15/h2-9H,10-13H2,1H3,(H,22,24)(H,23,25). The third-order valence-corrected chi connectivity index (χ3v) is 4.69. The van der Waals surface area contributed by atoms with Gasteiger partial charge in [0.2, 0.25) is 11.8 Å². The average molecular weight is 389 g/mol. The molecule has 0 aromatic heterocycles. The number of halogens is 1. The lowest BCUT2D eigenvalue weighted by Gasteiger charge is -2.16. The molecule has 2 amide bonds. The molecule has 7 heteroatoms. The van der Waals surface area contributed by atoms with Crippen molar-refractivity contribution >= 4 is 29.1 Å². The SMILES string of the molecule is COc1ccc(OCCNC(=O)C2(C(=O)Nc3ccc(Cl)cc3)CC2)cc1. The molecule has 3 rings (SSSR count). The van der Waals surface area contributed by atoms with Gasteiger partial charge in [0.25, 0.3) is 0 Å². The van der Waals surface area contributed by atoms with Gasteiger partial charge in [-0.15, -0.1) is 0 Å². The Hall–Kier alpha value is -2.73. The van der Waals surface area contributed by atoms with E-state index in [9.17, 15) is 9.59 Å². The molecule has 6 nitrogen and oxygen atoms in total. The third-order valence-electron chi connectivity index (χ3n) is 4.44. The summed E-state index contributed by atoms with van der Waals surface area (Å²) in [6, 6.07) is 14.0. The van der Waals surface area contributed by atoms with E-state index >= 15 is 0 Å². The first kappa shape index (κ1) is 19.0. The fourth-order valence-corrected chi connectivity index (χ4v) is 2.77. The van der Waals surface area contributed by atoms with Crippen molar-refractivity contribution in [3.63, 3.8) is 0 Å². The lowest BCUT2D eigenvalue weighted by molar-refractivity contribution is -0.134. The van der Waals surface area contributed by atoms with E-state index in [0.717, 1.165) is 5.75 Å². The van der Waals surface area contributed by atoms with Crippen LogP contribution in [0, 0.1) is 5.41 Å². The van der Waals surface area contributed by atoms with Crippen molar-refractivity contribution in [2.75, 3.05) is 25.6 Å². The number of anilines is 1. The van der Waals surface area contributed by atoms with E-state index in [1.807, 2.05) is 0 Å². The van der Waals surface area contributed by atoms with Crippen LogP contribution in [0.15, 0.2) is 48.5 Å². The summed E-state index contributed by atoms with van der Waals surface area (Å²) >= 11 is 5.84. The van der Waals surface area contributed by atoms with Gasteiger partial charge in [-0.25, -0.2) is 0 Å². The molecule has 2 aromatic rings. The molecule has 0 heterocycles. The molecular weight excluding hydrogens is 368 g/mol. The van der Waals surface area contributed by atoms with Crippen LogP contribution in [0.2, 0.25) is 5.02 Å². The predicted molar refractivity (Wildman–Crippen MR) is 103 cm³/mol. The average Bonchev–Trinajstić information content (AvgIpc) is 3.49. The van der Waals surface area contributed by atoms with Crippen molar-refractivity contribution in [2.24, 2.45) is 5.41 Å². The summed E-state index contributed by atoms with van der Waals surface area (Å²) in [6.45, 7) is 0.633. The highest BCUT2D eigenvalue weighted by atomic mass is 35.5. The molecule has 142 valence electrons. The smallest absolute Gasteiger partial charge is 0.240 e. The number of hydrogen-bond donors (Lipinski definition) is 2. The van der Waals surface area contributed by atoms with Gasteiger partial charge in [0.05, 0.1) is 13.7 Å². The number of amides is 2. The zero-order valence-electron chi connectivity index (χ0n) is 15.0. The van der Waals surface area contributed by atoms with E-state index in [1.165, 1.54) is 0 Å².